The molecule has 3 aromatic carbocycles. The van der Waals surface area contributed by atoms with Crippen LogP contribution < -0.4 is 4.65 Å². The van der Waals surface area contributed by atoms with Gasteiger partial charge in [-0.05, 0) is 60.9 Å². The molecule has 4 rings (SSSR count). The quantitative estimate of drug-likeness (QED) is 0.313. The highest BCUT2D eigenvalue weighted by molar-refractivity contribution is 6.35. The zero-order valence-corrected chi connectivity index (χ0v) is 17.4. The average Bonchev–Trinajstić information content (AvgIpc) is 2.67. The molecular weight excluding hydrogens is 389 g/mol. The molecule has 28 heavy (non-hydrogen) atoms. The van der Waals surface area contributed by atoms with Crippen LogP contribution in [0.4, 0.5) is 5.69 Å². The molecule has 4 heteroatoms. The van der Waals surface area contributed by atoms with Crippen LogP contribution >= 0.6 is 23.2 Å². The zero-order chi connectivity index (χ0) is 19.8. The number of hydrogen-bond donors (Lipinski definition) is 0. The summed E-state index contributed by atoms with van der Waals surface area (Å²) in [6, 6.07) is 23.6. The minimum Gasteiger partial charge on any atom is -0.627 e. The van der Waals surface area contributed by atoms with E-state index in [4.69, 9.17) is 23.2 Å². The van der Waals surface area contributed by atoms with Crippen molar-refractivity contribution in [3.8, 4) is 11.1 Å². The summed E-state index contributed by atoms with van der Waals surface area (Å²) in [7, 11) is 0. The van der Waals surface area contributed by atoms with Gasteiger partial charge in [0.2, 0.25) is 0 Å². The van der Waals surface area contributed by atoms with Crippen LogP contribution in [0.25, 0.3) is 11.1 Å². The number of hydrogen-bond acceptors (Lipinski definition) is 1. The number of benzene rings is 3. The molecule has 3 aromatic rings. The summed E-state index contributed by atoms with van der Waals surface area (Å²) in [5, 5.41) is 15.4. The Balaban J connectivity index is 1.82. The number of para-hydroxylation sites is 1. The second kappa shape index (κ2) is 7.53. The normalized spacial score (nSPS) is 17.6. The minimum absolute atomic E-state index is 0.326. The molecule has 0 amide bonds. The smallest absolute Gasteiger partial charge is 0.133 e. The molecule has 1 aliphatic rings. The second-order valence-electron chi connectivity index (χ2n) is 7.52. The number of hydroxylamine groups is 2. The number of rotatable bonds is 5. The molecule has 1 saturated carbocycles. The van der Waals surface area contributed by atoms with Gasteiger partial charge in [0.05, 0.1) is 6.54 Å². The first-order valence-electron chi connectivity index (χ1n) is 9.70. The van der Waals surface area contributed by atoms with E-state index in [1.54, 1.807) is 6.07 Å². The Morgan fingerprint density at radius 3 is 2.11 bits per heavy atom. The van der Waals surface area contributed by atoms with Crippen molar-refractivity contribution in [1.82, 2.24) is 4.65 Å². The first-order valence-corrected chi connectivity index (χ1v) is 10.5. The van der Waals surface area contributed by atoms with E-state index >= 15 is 0 Å². The van der Waals surface area contributed by atoms with Crippen LogP contribution in [0.15, 0.2) is 72.8 Å². The number of halogens is 2. The van der Waals surface area contributed by atoms with Gasteiger partial charge in [-0.1, -0.05) is 59.6 Å². The molecule has 0 radical (unpaired) electrons. The van der Waals surface area contributed by atoms with Gasteiger partial charge >= 0.3 is 0 Å². The van der Waals surface area contributed by atoms with Crippen molar-refractivity contribution in [3.05, 3.63) is 93.6 Å². The second-order valence-corrected chi connectivity index (χ2v) is 8.39. The average molecular weight is 412 g/mol. The topological polar surface area (TPSA) is 23.1 Å². The lowest BCUT2D eigenvalue weighted by atomic mass is 9.69. The number of quaternary nitrogens is 1. The minimum atomic E-state index is -0.450. The van der Waals surface area contributed by atoms with Gasteiger partial charge in [-0.3, -0.25) is 0 Å². The Kier molecular flexibility index (Phi) is 5.24. The van der Waals surface area contributed by atoms with Crippen molar-refractivity contribution < 1.29 is 0 Å². The van der Waals surface area contributed by atoms with Crippen LogP contribution in [0.1, 0.15) is 31.7 Å². The predicted octanol–water partition coefficient (Wildman–Crippen LogP) is 7.56. The van der Waals surface area contributed by atoms with Gasteiger partial charge in [-0.15, -0.1) is 0 Å². The zero-order valence-electron chi connectivity index (χ0n) is 15.9. The van der Waals surface area contributed by atoms with Crippen molar-refractivity contribution in [2.24, 2.45) is 0 Å². The molecule has 1 aliphatic carbocycles. The lowest BCUT2D eigenvalue weighted by molar-refractivity contribution is 0.0627. The summed E-state index contributed by atoms with van der Waals surface area (Å²) in [5.74, 6) is 0. The maximum absolute atomic E-state index is 14.2. The van der Waals surface area contributed by atoms with Crippen LogP contribution in [0.5, 0.6) is 0 Å². The van der Waals surface area contributed by atoms with E-state index in [1.807, 2.05) is 61.5 Å². The molecule has 144 valence electrons. The molecule has 1 fully saturated rings. The fourth-order valence-corrected chi connectivity index (χ4v) is 5.01. The van der Waals surface area contributed by atoms with Crippen molar-refractivity contribution in [2.45, 2.75) is 31.7 Å². The van der Waals surface area contributed by atoms with E-state index in [0.29, 0.717) is 16.6 Å². The molecule has 0 aliphatic heterocycles. The predicted molar refractivity (Wildman–Crippen MR) is 120 cm³/mol. The van der Waals surface area contributed by atoms with Gasteiger partial charge in [0.1, 0.15) is 11.2 Å². The Hall–Kier alpha value is -1.84. The Labute approximate surface area is 176 Å². The summed E-state index contributed by atoms with van der Waals surface area (Å²) < 4.78 is -0.326. The van der Waals surface area contributed by atoms with Crippen molar-refractivity contribution in [1.29, 1.82) is 0 Å². The summed E-state index contributed by atoms with van der Waals surface area (Å²) in [4.78, 5) is 0. The molecule has 0 saturated heterocycles. The van der Waals surface area contributed by atoms with E-state index in [0.717, 1.165) is 41.6 Å². The van der Waals surface area contributed by atoms with Crippen LogP contribution in [0.3, 0.4) is 0 Å². The fraction of sp³-hybridized carbons (Fsp3) is 0.250. The third-order valence-electron chi connectivity index (χ3n) is 6.09. The van der Waals surface area contributed by atoms with Crippen LogP contribution in [-0.2, 0) is 5.54 Å². The molecule has 0 heterocycles. The molecular formula is C24H23Cl2NO. The van der Waals surface area contributed by atoms with E-state index in [1.165, 1.54) is 0 Å². The van der Waals surface area contributed by atoms with Crippen LogP contribution in [-0.4, -0.2) is 6.54 Å². The third-order valence-corrected chi connectivity index (χ3v) is 6.52. The van der Waals surface area contributed by atoms with Gasteiger partial charge in [0.25, 0.3) is 0 Å². The van der Waals surface area contributed by atoms with Gasteiger partial charge < -0.3 is 9.85 Å². The molecule has 1 unspecified atom stereocenters. The van der Waals surface area contributed by atoms with Crippen molar-refractivity contribution >= 4 is 28.9 Å². The molecule has 1 atom stereocenters. The molecule has 2 nitrogen and oxygen atoms in total. The lowest BCUT2D eigenvalue weighted by Crippen LogP contribution is -2.63. The highest BCUT2D eigenvalue weighted by Crippen LogP contribution is 2.53. The Morgan fingerprint density at radius 1 is 0.857 bits per heavy atom. The first kappa shape index (κ1) is 19.5. The third kappa shape index (κ3) is 3.15. The van der Waals surface area contributed by atoms with Gasteiger partial charge in [-0.2, -0.15) is 0 Å². The van der Waals surface area contributed by atoms with Gasteiger partial charge in [0.15, 0.2) is 0 Å². The molecule has 0 N–H and O–H groups in total. The molecule has 0 spiro atoms. The fourth-order valence-electron chi connectivity index (χ4n) is 4.48. The van der Waals surface area contributed by atoms with Gasteiger partial charge in [-0.25, -0.2) is 0 Å². The number of nitrogens with zero attached hydrogens (tertiary/aromatic N) is 1. The SMILES string of the molecule is CC[N+]([O-])(c1ccccc1)C1(c2cccc(-c3cc(Cl)cc(Cl)c3)c2)CCC1. The monoisotopic (exact) mass is 411 g/mol. The van der Waals surface area contributed by atoms with E-state index < -0.39 is 5.54 Å². The van der Waals surface area contributed by atoms with Crippen molar-refractivity contribution in [2.75, 3.05) is 6.54 Å². The van der Waals surface area contributed by atoms with E-state index in [2.05, 4.69) is 12.1 Å². The summed E-state index contributed by atoms with van der Waals surface area (Å²) >= 11 is 12.4. The van der Waals surface area contributed by atoms with Crippen LogP contribution in [0, 0.1) is 5.21 Å². The highest BCUT2D eigenvalue weighted by Gasteiger charge is 2.52. The van der Waals surface area contributed by atoms with Gasteiger partial charge in [0, 0.05) is 28.5 Å². The Bertz CT molecular complexity index is 965. The molecule has 0 bridgehead atoms. The summed E-state index contributed by atoms with van der Waals surface area (Å²) in [6.07, 6.45) is 2.85. The molecule has 0 aromatic heterocycles. The summed E-state index contributed by atoms with van der Waals surface area (Å²) in [6.45, 7) is 2.48. The van der Waals surface area contributed by atoms with Crippen molar-refractivity contribution in [3.63, 3.8) is 0 Å². The highest BCUT2D eigenvalue weighted by atomic mass is 35.5. The standard InChI is InChI=1S/C24H23Cl2NO/c1-2-27(28,23-10-4-3-5-11-23)24(12-7-13-24)20-9-6-8-18(14-20)19-15-21(25)17-22(26)16-19/h3-6,8-11,14-17H,2,7,12-13H2,1H3. The van der Waals surface area contributed by atoms with E-state index in [9.17, 15) is 5.21 Å². The maximum Gasteiger partial charge on any atom is 0.133 e. The summed E-state index contributed by atoms with van der Waals surface area (Å²) in [5.41, 5.74) is 3.46. The maximum atomic E-state index is 14.2. The largest absolute Gasteiger partial charge is 0.627 e. The Morgan fingerprint density at radius 2 is 1.54 bits per heavy atom. The van der Waals surface area contributed by atoms with E-state index in [-0.39, 0.29) is 4.65 Å². The first-order chi connectivity index (χ1) is 13.5. The van der Waals surface area contributed by atoms with Crippen LogP contribution in [0.2, 0.25) is 10.0 Å². The lowest BCUT2D eigenvalue weighted by Gasteiger charge is -2.60.